The summed E-state index contributed by atoms with van der Waals surface area (Å²) >= 11 is 0. The van der Waals surface area contributed by atoms with Crippen molar-refractivity contribution in [2.75, 3.05) is 13.1 Å². The highest BCUT2D eigenvalue weighted by Crippen LogP contribution is 2.26. The first-order valence-corrected chi connectivity index (χ1v) is 8.47. The molecule has 1 rings (SSSR count). The molecule has 0 amide bonds. The molecule has 1 unspecified atom stereocenters. The topological polar surface area (TPSA) is 29.3 Å². The zero-order chi connectivity index (χ0) is 15.9. The molecular weight excluding hydrogens is 256 g/mol. The minimum Gasteiger partial charge on any atom is -0.329 e. The lowest BCUT2D eigenvalue weighted by Crippen LogP contribution is -2.58. The Morgan fingerprint density at radius 1 is 1.10 bits per heavy atom. The Bertz CT molecular complexity index is 384. The molecule has 2 N–H and O–H groups in total. The van der Waals surface area contributed by atoms with E-state index in [2.05, 4.69) is 69.9 Å². The molecule has 0 aliphatic carbocycles. The first-order valence-electron chi connectivity index (χ1n) is 8.47. The van der Waals surface area contributed by atoms with E-state index in [9.17, 15) is 0 Å². The van der Waals surface area contributed by atoms with Gasteiger partial charge in [-0.15, -0.1) is 0 Å². The largest absolute Gasteiger partial charge is 0.329 e. The van der Waals surface area contributed by atoms with Crippen molar-refractivity contribution in [1.82, 2.24) is 4.90 Å². The number of hydrogen-bond donors (Lipinski definition) is 1. The predicted octanol–water partition coefficient (Wildman–Crippen LogP) is 4.09. The summed E-state index contributed by atoms with van der Waals surface area (Å²) < 4.78 is 0. The van der Waals surface area contributed by atoms with Gasteiger partial charge in [0.25, 0.3) is 0 Å². The molecule has 21 heavy (non-hydrogen) atoms. The number of nitrogens with zero attached hydrogens (tertiary/aromatic N) is 1. The molecule has 1 aromatic carbocycles. The lowest BCUT2D eigenvalue weighted by molar-refractivity contribution is 0.0440. The van der Waals surface area contributed by atoms with Gasteiger partial charge in [-0.25, -0.2) is 0 Å². The Morgan fingerprint density at radius 3 is 2.10 bits per heavy atom. The Hall–Kier alpha value is -0.860. The molecule has 0 aliphatic heterocycles. The zero-order valence-corrected chi connectivity index (χ0v) is 14.6. The molecular formula is C19H34N2. The molecule has 0 spiro atoms. The summed E-state index contributed by atoms with van der Waals surface area (Å²) in [4.78, 5) is 2.67. The Labute approximate surface area is 131 Å². The molecule has 120 valence electrons. The molecule has 0 radical (unpaired) electrons. The van der Waals surface area contributed by atoms with Crippen molar-refractivity contribution >= 4 is 0 Å². The first-order chi connectivity index (χ1) is 9.96. The van der Waals surface area contributed by atoms with Crippen molar-refractivity contribution in [3.8, 4) is 0 Å². The minimum atomic E-state index is 0.0301. The van der Waals surface area contributed by atoms with E-state index in [4.69, 9.17) is 5.73 Å². The summed E-state index contributed by atoms with van der Waals surface area (Å²) in [6, 6.07) is 11.4. The average Bonchev–Trinajstić information content (AvgIpc) is 2.48. The van der Waals surface area contributed by atoms with Crippen molar-refractivity contribution < 1.29 is 0 Å². The van der Waals surface area contributed by atoms with Gasteiger partial charge in [0, 0.05) is 24.7 Å². The summed E-state index contributed by atoms with van der Waals surface area (Å²) in [6.45, 7) is 13.3. The molecule has 0 heterocycles. The maximum absolute atomic E-state index is 6.24. The van der Waals surface area contributed by atoms with Crippen LogP contribution in [-0.2, 0) is 6.42 Å². The molecule has 0 aromatic heterocycles. The summed E-state index contributed by atoms with van der Waals surface area (Å²) in [5.74, 6) is 0.659. The van der Waals surface area contributed by atoms with Crippen molar-refractivity contribution in [3.63, 3.8) is 0 Å². The van der Waals surface area contributed by atoms with Crippen LogP contribution in [0.2, 0.25) is 0 Å². The zero-order valence-electron chi connectivity index (χ0n) is 14.6. The van der Waals surface area contributed by atoms with Gasteiger partial charge in [-0.1, -0.05) is 58.0 Å². The van der Waals surface area contributed by atoms with Crippen molar-refractivity contribution in [3.05, 3.63) is 35.9 Å². The third kappa shape index (κ3) is 5.12. The van der Waals surface area contributed by atoms with Crippen molar-refractivity contribution in [1.29, 1.82) is 0 Å². The standard InChI is InChI=1S/C19H34N2/c1-6-18(7-2)21(14-16(3)4)19(5,15-20)13-17-11-9-8-10-12-17/h8-12,16,18H,6-7,13-15,20H2,1-5H3. The molecule has 0 aliphatic rings. The number of hydrogen-bond acceptors (Lipinski definition) is 2. The molecule has 0 bridgehead atoms. The number of rotatable bonds is 9. The van der Waals surface area contributed by atoms with E-state index in [-0.39, 0.29) is 5.54 Å². The van der Waals surface area contributed by atoms with Crippen LogP contribution in [0.5, 0.6) is 0 Å². The van der Waals surface area contributed by atoms with Crippen LogP contribution in [0.15, 0.2) is 30.3 Å². The molecule has 1 atom stereocenters. The fourth-order valence-electron chi connectivity index (χ4n) is 3.26. The monoisotopic (exact) mass is 290 g/mol. The van der Waals surface area contributed by atoms with E-state index in [1.54, 1.807) is 0 Å². The van der Waals surface area contributed by atoms with Crippen LogP contribution in [0.4, 0.5) is 0 Å². The summed E-state index contributed by atoms with van der Waals surface area (Å²) in [5.41, 5.74) is 7.65. The molecule has 2 nitrogen and oxygen atoms in total. The van der Waals surface area contributed by atoms with Crippen LogP contribution in [-0.4, -0.2) is 29.6 Å². The Morgan fingerprint density at radius 2 is 1.67 bits per heavy atom. The van der Waals surface area contributed by atoms with Gasteiger partial charge >= 0.3 is 0 Å². The lowest BCUT2D eigenvalue weighted by Gasteiger charge is -2.46. The maximum atomic E-state index is 6.24. The highest BCUT2D eigenvalue weighted by atomic mass is 15.2. The predicted molar refractivity (Wildman–Crippen MR) is 93.5 cm³/mol. The van der Waals surface area contributed by atoms with Gasteiger partial charge < -0.3 is 5.73 Å². The smallest absolute Gasteiger partial charge is 0.0346 e. The summed E-state index contributed by atoms with van der Waals surface area (Å²) in [7, 11) is 0. The van der Waals surface area contributed by atoms with Crippen LogP contribution in [0.1, 0.15) is 53.0 Å². The van der Waals surface area contributed by atoms with Gasteiger partial charge in [0.05, 0.1) is 0 Å². The van der Waals surface area contributed by atoms with Gasteiger partial charge in [-0.2, -0.15) is 0 Å². The van der Waals surface area contributed by atoms with Crippen LogP contribution >= 0.6 is 0 Å². The Kier molecular flexibility index (Phi) is 7.41. The van der Waals surface area contributed by atoms with Gasteiger partial charge in [0.15, 0.2) is 0 Å². The minimum absolute atomic E-state index is 0.0301. The lowest BCUT2D eigenvalue weighted by atomic mass is 9.87. The van der Waals surface area contributed by atoms with E-state index in [1.165, 1.54) is 18.4 Å². The van der Waals surface area contributed by atoms with Crippen LogP contribution < -0.4 is 5.73 Å². The number of nitrogens with two attached hydrogens (primary N) is 1. The highest BCUT2D eigenvalue weighted by molar-refractivity contribution is 5.18. The normalized spacial score (nSPS) is 14.9. The SMILES string of the molecule is CCC(CC)N(CC(C)C)C(C)(CN)Cc1ccccc1. The summed E-state index contributed by atoms with van der Waals surface area (Å²) in [5, 5.41) is 0. The fourth-order valence-corrected chi connectivity index (χ4v) is 3.26. The van der Waals surface area contributed by atoms with Crippen LogP contribution in [0, 0.1) is 5.92 Å². The second-order valence-corrected chi connectivity index (χ2v) is 6.88. The highest BCUT2D eigenvalue weighted by Gasteiger charge is 2.34. The molecule has 0 saturated heterocycles. The van der Waals surface area contributed by atoms with E-state index < -0.39 is 0 Å². The fraction of sp³-hybridized carbons (Fsp3) is 0.684. The van der Waals surface area contributed by atoms with Gasteiger partial charge in [0.2, 0.25) is 0 Å². The van der Waals surface area contributed by atoms with Crippen molar-refractivity contribution in [2.24, 2.45) is 11.7 Å². The first kappa shape index (κ1) is 18.2. The molecule has 0 saturated carbocycles. The quantitative estimate of drug-likeness (QED) is 0.742. The van der Waals surface area contributed by atoms with Gasteiger partial charge in [-0.05, 0) is 37.7 Å². The Balaban J connectivity index is 3.02. The molecule has 2 heteroatoms. The third-order valence-electron chi connectivity index (χ3n) is 4.51. The van der Waals surface area contributed by atoms with Gasteiger partial charge in [0.1, 0.15) is 0 Å². The van der Waals surface area contributed by atoms with E-state index in [0.717, 1.165) is 13.0 Å². The average molecular weight is 290 g/mol. The van der Waals surface area contributed by atoms with Crippen LogP contribution in [0.25, 0.3) is 0 Å². The van der Waals surface area contributed by atoms with Gasteiger partial charge in [-0.3, -0.25) is 4.90 Å². The third-order valence-corrected chi connectivity index (χ3v) is 4.51. The summed E-state index contributed by atoms with van der Waals surface area (Å²) in [6.07, 6.45) is 3.40. The molecule has 0 fully saturated rings. The second kappa shape index (κ2) is 8.55. The van der Waals surface area contributed by atoms with E-state index in [1.807, 2.05) is 0 Å². The van der Waals surface area contributed by atoms with E-state index >= 15 is 0 Å². The van der Waals surface area contributed by atoms with E-state index in [0.29, 0.717) is 18.5 Å². The second-order valence-electron chi connectivity index (χ2n) is 6.88. The van der Waals surface area contributed by atoms with Crippen molar-refractivity contribution in [2.45, 2.75) is 65.5 Å². The van der Waals surface area contributed by atoms with Crippen LogP contribution in [0.3, 0.4) is 0 Å². The molecule has 1 aromatic rings. The maximum Gasteiger partial charge on any atom is 0.0346 e. The number of benzene rings is 1.